The minimum Gasteiger partial charge on any atom is -0.493 e. The number of hydrogen-bond donors (Lipinski definition) is 2. The van der Waals surface area contributed by atoms with Crippen LogP contribution in [0, 0.1) is 0 Å². The fraction of sp³-hybridized carbons (Fsp3) is 0.238. The van der Waals surface area contributed by atoms with Crippen LogP contribution >= 0.6 is 11.6 Å². The van der Waals surface area contributed by atoms with E-state index in [4.69, 9.17) is 25.8 Å². The lowest BCUT2D eigenvalue weighted by Crippen LogP contribution is -2.47. The summed E-state index contributed by atoms with van der Waals surface area (Å²) < 4.78 is 41.4. The quantitative estimate of drug-likeness (QED) is 0.584. The maximum Gasteiger partial charge on any atom is 0.338 e. The molecule has 1 atom stereocenters. The molecule has 0 saturated heterocycles. The lowest BCUT2D eigenvalue weighted by molar-refractivity contribution is -0.136. The molecule has 0 unspecified atom stereocenters. The van der Waals surface area contributed by atoms with Gasteiger partial charge in [-0.05, 0) is 35.9 Å². The van der Waals surface area contributed by atoms with Gasteiger partial charge in [-0.3, -0.25) is 0 Å². The molecule has 0 radical (unpaired) electrons. The Morgan fingerprint density at radius 1 is 1.06 bits per heavy atom. The summed E-state index contributed by atoms with van der Waals surface area (Å²) in [4.78, 5) is 25.0. The van der Waals surface area contributed by atoms with Crippen molar-refractivity contribution in [2.24, 2.45) is 0 Å². The lowest BCUT2D eigenvalue weighted by Gasteiger charge is -2.29. The van der Waals surface area contributed by atoms with Crippen molar-refractivity contribution >= 4 is 33.4 Å². The molecule has 2 aromatic carbocycles. The molecule has 0 spiro atoms. The third kappa shape index (κ3) is 4.81. The molecule has 11 heteroatoms. The highest BCUT2D eigenvalue weighted by Crippen LogP contribution is 2.35. The van der Waals surface area contributed by atoms with Crippen LogP contribution in [-0.2, 0) is 19.4 Å². The van der Waals surface area contributed by atoms with Crippen LogP contribution in [0.15, 0.2) is 58.6 Å². The number of ether oxygens (including phenoxy) is 3. The second-order valence-electron chi connectivity index (χ2n) is 6.75. The van der Waals surface area contributed by atoms with Gasteiger partial charge in [-0.25, -0.2) is 18.0 Å². The van der Waals surface area contributed by atoms with E-state index in [-0.39, 0.29) is 21.2 Å². The second kappa shape index (κ2) is 9.49. The summed E-state index contributed by atoms with van der Waals surface area (Å²) in [6, 6.07) is 8.88. The number of carbonyl (C=O) groups is 2. The number of nitrogens with one attached hydrogen (secondary N) is 2. The molecule has 0 fully saturated rings. The van der Waals surface area contributed by atoms with E-state index in [9.17, 15) is 18.0 Å². The number of rotatable bonds is 7. The third-order valence-corrected chi connectivity index (χ3v) is 6.67. The summed E-state index contributed by atoms with van der Waals surface area (Å²) >= 11 is 5.92. The molecule has 2 aromatic rings. The van der Waals surface area contributed by atoms with Crippen molar-refractivity contribution in [2.75, 3.05) is 27.1 Å². The zero-order chi connectivity index (χ0) is 23.5. The van der Waals surface area contributed by atoms with Crippen LogP contribution in [0.2, 0.25) is 5.02 Å². The normalized spacial score (nSPS) is 16.1. The van der Waals surface area contributed by atoms with E-state index >= 15 is 0 Å². The summed E-state index contributed by atoms with van der Waals surface area (Å²) in [5, 5.41) is 5.31. The Labute approximate surface area is 190 Å². The Kier molecular flexibility index (Phi) is 6.95. The Balaban J connectivity index is 2.12. The third-order valence-electron chi connectivity index (χ3n) is 4.79. The van der Waals surface area contributed by atoms with Crippen molar-refractivity contribution in [1.82, 2.24) is 10.6 Å². The largest absolute Gasteiger partial charge is 0.493 e. The van der Waals surface area contributed by atoms with Crippen molar-refractivity contribution in [1.29, 1.82) is 0 Å². The summed E-state index contributed by atoms with van der Waals surface area (Å²) in [6.45, 7) is 0. The molecule has 9 nitrogen and oxygen atoms in total. The molecule has 0 saturated carbocycles. The topological polar surface area (TPSA) is 120 Å². The van der Waals surface area contributed by atoms with Crippen molar-refractivity contribution in [3.05, 3.63) is 64.3 Å². The molecule has 2 amide bonds. The molecule has 0 bridgehead atoms. The molecular formula is C21H21ClN2O7S. The van der Waals surface area contributed by atoms with E-state index < -0.39 is 33.6 Å². The SMILES string of the molecule is COC(=O)C1=C(CS(=O)(=O)c2cccc(Cl)c2)NC(=O)N[C@@H]1c1ccc(OC)c(OC)c1. The molecule has 32 heavy (non-hydrogen) atoms. The van der Waals surface area contributed by atoms with E-state index in [1.807, 2.05) is 0 Å². The number of hydrogen-bond acceptors (Lipinski definition) is 7. The number of methoxy groups -OCH3 is 3. The van der Waals surface area contributed by atoms with E-state index in [1.54, 1.807) is 24.3 Å². The van der Waals surface area contributed by atoms with Crippen LogP contribution in [0.3, 0.4) is 0 Å². The van der Waals surface area contributed by atoms with Crippen LogP contribution in [0.1, 0.15) is 11.6 Å². The summed E-state index contributed by atoms with van der Waals surface area (Å²) in [5.41, 5.74) is 0.320. The molecule has 170 valence electrons. The average molecular weight is 481 g/mol. The smallest absolute Gasteiger partial charge is 0.338 e. The Morgan fingerprint density at radius 2 is 1.78 bits per heavy atom. The zero-order valence-electron chi connectivity index (χ0n) is 17.5. The number of benzene rings is 2. The first-order chi connectivity index (χ1) is 15.2. The summed E-state index contributed by atoms with van der Waals surface area (Å²) in [6.07, 6.45) is 0. The van der Waals surface area contributed by atoms with E-state index in [2.05, 4.69) is 10.6 Å². The molecule has 3 rings (SSSR count). The minimum atomic E-state index is -3.95. The van der Waals surface area contributed by atoms with Crippen LogP contribution < -0.4 is 20.1 Å². The maximum absolute atomic E-state index is 13.0. The summed E-state index contributed by atoms with van der Waals surface area (Å²) in [5.74, 6) is -0.623. The van der Waals surface area contributed by atoms with Gasteiger partial charge in [0.2, 0.25) is 0 Å². The molecule has 1 heterocycles. The standard InChI is InChI=1S/C21H21ClN2O7S/c1-29-16-8-7-12(9-17(16)30-2)19-18(20(25)31-3)15(23-21(26)24-19)11-32(27,28)14-6-4-5-13(22)10-14/h4-10,19H,11H2,1-3H3,(H2,23,24,26)/t19-/m1/s1. The Hall–Kier alpha value is -3.24. The van der Waals surface area contributed by atoms with E-state index in [0.717, 1.165) is 0 Å². The molecule has 0 aliphatic carbocycles. The van der Waals surface area contributed by atoms with Gasteiger partial charge in [0.1, 0.15) is 0 Å². The first-order valence-electron chi connectivity index (χ1n) is 9.29. The van der Waals surface area contributed by atoms with Crippen LogP contribution in [0.4, 0.5) is 4.79 Å². The Bertz CT molecular complexity index is 1190. The zero-order valence-corrected chi connectivity index (χ0v) is 19.0. The van der Waals surface area contributed by atoms with Gasteiger partial charge in [0, 0.05) is 10.7 Å². The highest BCUT2D eigenvalue weighted by Gasteiger charge is 2.36. The first-order valence-corrected chi connectivity index (χ1v) is 11.3. The molecule has 1 aliphatic heterocycles. The fourth-order valence-electron chi connectivity index (χ4n) is 3.30. The number of amides is 2. The minimum absolute atomic E-state index is 0.0443. The number of sulfone groups is 1. The van der Waals surface area contributed by atoms with Gasteiger partial charge < -0.3 is 24.8 Å². The number of carbonyl (C=O) groups excluding carboxylic acids is 2. The summed E-state index contributed by atoms with van der Waals surface area (Å²) in [7, 11) is 0.142. The predicted molar refractivity (Wildman–Crippen MR) is 117 cm³/mol. The van der Waals surface area contributed by atoms with Gasteiger partial charge >= 0.3 is 12.0 Å². The van der Waals surface area contributed by atoms with E-state index in [0.29, 0.717) is 17.1 Å². The molecule has 2 N–H and O–H groups in total. The van der Waals surface area contributed by atoms with Gasteiger partial charge in [0.25, 0.3) is 0 Å². The monoisotopic (exact) mass is 480 g/mol. The maximum atomic E-state index is 13.0. The average Bonchev–Trinajstić information content (AvgIpc) is 2.77. The van der Waals surface area contributed by atoms with Crippen molar-refractivity contribution in [3.8, 4) is 11.5 Å². The number of esters is 1. The van der Waals surface area contributed by atoms with E-state index in [1.165, 1.54) is 39.5 Å². The van der Waals surface area contributed by atoms with Gasteiger partial charge in [-0.2, -0.15) is 0 Å². The fourth-order valence-corrected chi connectivity index (χ4v) is 4.92. The van der Waals surface area contributed by atoms with Crippen LogP contribution in [-0.4, -0.2) is 47.5 Å². The van der Waals surface area contributed by atoms with Crippen molar-refractivity contribution in [3.63, 3.8) is 0 Å². The van der Waals surface area contributed by atoms with Crippen molar-refractivity contribution in [2.45, 2.75) is 10.9 Å². The highest BCUT2D eigenvalue weighted by atomic mass is 35.5. The van der Waals surface area contributed by atoms with Gasteiger partial charge in [-0.1, -0.05) is 23.7 Å². The van der Waals surface area contributed by atoms with Gasteiger partial charge in [0.05, 0.1) is 43.6 Å². The predicted octanol–water partition coefficient (Wildman–Crippen LogP) is 2.61. The highest BCUT2D eigenvalue weighted by molar-refractivity contribution is 7.91. The Morgan fingerprint density at radius 3 is 2.41 bits per heavy atom. The van der Waals surface area contributed by atoms with Gasteiger partial charge in [-0.15, -0.1) is 0 Å². The van der Waals surface area contributed by atoms with Crippen LogP contribution in [0.5, 0.6) is 11.5 Å². The number of halogens is 1. The van der Waals surface area contributed by atoms with Gasteiger partial charge in [0.15, 0.2) is 21.3 Å². The molecule has 0 aromatic heterocycles. The lowest BCUT2D eigenvalue weighted by atomic mass is 9.95. The molecule has 1 aliphatic rings. The van der Waals surface area contributed by atoms with Crippen molar-refractivity contribution < 1.29 is 32.2 Å². The molecular weight excluding hydrogens is 460 g/mol. The first kappa shape index (κ1) is 23.4. The van der Waals surface area contributed by atoms with Crippen LogP contribution in [0.25, 0.3) is 0 Å². The second-order valence-corrected chi connectivity index (χ2v) is 9.17. The number of urea groups is 1.